The standard InChI is InChI=1S/C24H25BrN2O2/c1-17-7-8-23-21(13-17)22(15-24(28)29-23)26-20-9-11-27(12-10-20)16-19(25)14-18-5-3-2-4-6-18/h2-8,13-15,20,26H,9-12,16H2,1H3/b19-14-. The fourth-order valence-electron chi connectivity index (χ4n) is 3.84. The van der Waals surface area contributed by atoms with E-state index < -0.39 is 0 Å². The summed E-state index contributed by atoms with van der Waals surface area (Å²) < 4.78 is 6.53. The van der Waals surface area contributed by atoms with Gasteiger partial charge in [0, 0.05) is 41.6 Å². The minimum absolute atomic E-state index is 0.309. The van der Waals surface area contributed by atoms with E-state index in [9.17, 15) is 4.79 Å². The maximum atomic E-state index is 11.9. The molecule has 0 bridgehead atoms. The Balaban J connectivity index is 1.38. The molecule has 1 saturated heterocycles. The SMILES string of the molecule is Cc1ccc2oc(=O)cc(NC3CCN(C/C(Br)=C/c4ccccc4)CC3)c2c1. The van der Waals surface area contributed by atoms with E-state index in [1.807, 2.05) is 25.1 Å². The Bertz CT molecular complexity index is 1070. The van der Waals surface area contributed by atoms with Crippen LogP contribution in [0.1, 0.15) is 24.0 Å². The van der Waals surface area contributed by atoms with Crippen molar-refractivity contribution in [1.82, 2.24) is 4.90 Å². The molecule has 2 aromatic carbocycles. The fraction of sp³-hybridized carbons (Fsp3) is 0.292. The monoisotopic (exact) mass is 452 g/mol. The maximum Gasteiger partial charge on any atom is 0.338 e. The van der Waals surface area contributed by atoms with Crippen LogP contribution in [0, 0.1) is 6.92 Å². The highest BCUT2D eigenvalue weighted by Gasteiger charge is 2.20. The van der Waals surface area contributed by atoms with Gasteiger partial charge in [-0.15, -0.1) is 0 Å². The van der Waals surface area contributed by atoms with E-state index in [-0.39, 0.29) is 5.63 Å². The molecular formula is C24H25BrN2O2. The third-order valence-electron chi connectivity index (χ3n) is 5.34. The van der Waals surface area contributed by atoms with Crippen molar-refractivity contribution in [2.45, 2.75) is 25.8 Å². The molecule has 4 nitrogen and oxygen atoms in total. The van der Waals surface area contributed by atoms with Gasteiger partial charge in [0.25, 0.3) is 0 Å². The Labute approximate surface area is 179 Å². The van der Waals surface area contributed by atoms with Gasteiger partial charge >= 0.3 is 5.63 Å². The van der Waals surface area contributed by atoms with Crippen molar-refractivity contribution >= 4 is 38.7 Å². The molecule has 29 heavy (non-hydrogen) atoms. The van der Waals surface area contributed by atoms with Crippen molar-refractivity contribution in [3.05, 3.63) is 80.6 Å². The first-order valence-corrected chi connectivity index (χ1v) is 10.8. The van der Waals surface area contributed by atoms with Crippen molar-refractivity contribution in [2.75, 3.05) is 25.0 Å². The second-order valence-electron chi connectivity index (χ2n) is 7.68. The Morgan fingerprint density at radius 2 is 1.93 bits per heavy atom. The van der Waals surface area contributed by atoms with Crippen LogP contribution in [0.4, 0.5) is 5.69 Å². The molecule has 1 N–H and O–H groups in total. The summed E-state index contributed by atoms with van der Waals surface area (Å²) in [6.45, 7) is 5.01. The summed E-state index contributed by atoms with van der Waals surface area (Å²) in [5, 5.41) is 4.57. The highest BCUT2D eigenvalue weighted by atomic mass is 79.9. The average Bonchev–Trinajstić information content (AvgIpc) is 2.70. The van der Waals surface area contributed by atoms with Crippen LogP contribution in [0.3, 0.4) is 0 Å². The largest absolute Gasteiger partial charge is 0.423 e. The molecule has 0 radical (unpaired) electrons. The second-order valence-corrected chi connectivity index (χ2v) is 8.69. The lowest BCUT2D eigenvalue weighted by atomic mass is 10.0. The number of anilines is 1. The number of hydrogen-bond donors (Lipinski definition) is 1. The zero-order valence-electron chi connectivity index (χ0n) is 16.5. The summed E-state index contributed by atoms with van der Waals surface area (Å²) in [7, 11) is 0. The molecule has 2 heterocycles. The molecule has 0 aliphatic carbocycles. The van der Waals surface area contributed by atoms with Crippen molar-refractivity contribution in [3.8, 4) is 0 Å². The number of rotatable bonds is 5. The average molecular weight is 453 g/mol. The predicted octanol–water partition coefficient (Wildman–Crippen LogP) is 5.41. The third kappa shape index (κ3) is 5.17. The van der Waals surface area contributed by atoms with Crippen molar-refractivity contribution in [1.29, 1.82) is 0 Å². The van der Waals surface area contributed by atoms with Crippen LogP contribution in [0.25, 0.3) is 17.0 Å². The van der Waals surface area contributed by atoms with E-state index in [0.717, 1.165) is 49.1 Å². The van der Waals surface area contributed by atoms with E-state index in [4.69, 9.17) is 4.42 Å². The van der Waals surface area contributed by atoms with E-state index in [1.54, 1.807) is 6.07 Å². The van der Waals surface area contributed by atoms with Crippen LogP contribution >= 0.6 is 15.9 Å². The number of halogens is 1. The van der Waals surface area contributed by atoms with Gasteiger partial charge in [-0.05, 0) is 43.5 Å². The number of benzene rings is 2. The summed E-state index contributed by atoms with van der Waals surface area (Å²) in [6.07, 6.45) is 4.26. The van der Waals surface area contributed by atoms with Gasteiger partial charge in [0.15, 0.2) is 0 Å². The fourth-order valence-corrected chi connectivity index (χ4v) is 4.46. The Morgan fingerprint density at radius 1 is 1.17 bits per heavy atom. The number of aryl methyl sites for hydroxylation is 1. The number of fused-ring (bicyclic) bond motifs is 1. The maximum absolute atomic E-state index is 11.9. The second kappa shape index (κ2) is 8.97. The van der Waals surface area contributed by atoms with E-state index in [1.165, 1.54) is 10.0 Å². The van der Waals surface area contributed by atoms with Crippen LogP contribution in [-0.2, 0) is 0 Å². The van der Waals surface area contributed by atoms with Crippen LogP contribution in [0.15, 0.2) is 68.3 Å². The smallest absolute Gasteiger partial charge is 0.338 e. The Kier molecular flexibility index (Phi) is 6.16. The topological polar surface area (TPSA) is 45.5 Å². The van der Waals surface area contributed by atoms with Gasteiger partial charge in [0.05, 0.1) is 5.69 Å². The quantitative estimate of drug-likeness (QED) is 0.525. The summed E-state index contributed by atoms with van der Waals surface area (Å²) in [6, 6.07) is 18.2. The Morgan fingerprint density at radius 3 is 2.69 bits per heavy atom. The third-order valence-corrected chi connectivity index (χ3v) is 5.82. The van der Waals surface area contributed by atoms with Crippen molar-refractivity contribution < 1.29 is 4.42 Å². The molecule has 0 atom stereocenters. The predicted molar refractivity (Wildman–Crippen MR) is 124 cm³/mol. The van der Waals surface area contributed by atoms with Gasteiger partial charge in [-0.25, -0.2) is 4.79 Å². The van der Waals surface area contributed by atoms with Gasteiger partial charge in [-0.2, -0.15) is 0 Å². The van der Waals surface area contributed by atoms with Gasteiger partial charge in [0.1, 0.15) is 5.58 Å². The molecule has 0 saturated carbocycles. The number of hydrogen-bond acceptors (Lipinski definition) is 4. The van der Waals surface area contributed by atoms with Gasteiger partial charge in [-0.1, -0.05) is 57.9 Å². The van der Waals surface area contributed by atoms with Crippen LogP contribution in [-0.4, -0.2) is 30.6 Å². The molecule has 1 aromatic heterocycles. The first kappa shape index (κ1) is 19.9. The zero-order valence-corrected chi connectivity index (χ0v) is 18.1. The molecule has 1 fully saturated rings. The highest BCUT2D eigenvalue weighted by molar-refractivity contribution is 9.11. The number of nitrogens with one attached hydrogen (secondary N) is 1. The molecule has 0 spiro atoms. The summed E-state index contributed by atoms with van der Waals surface area (Å²) in [5.74, 6) is 0. The molecule has 1 aliphatic heterocycles. The van der Waals surface area contributed by atoms with Crippen LogP contribution in [0.2, 0.25) is 0 Å². The summed E-state index contributed by atoms with van der Waals surface area (Å²) in [4.78, 5) is 14.4. The lowest BCUT2D eigenvalue weighted by Gasteiger charge is -2.33. The first-order chi connectivity index (χ1) is 14.1. The zero-order chi connectivity index (χ0) is 20.2. The lowest BCUT2D eigenvalue weighted by molar-refractivity contribution is 0.239. The van der Waals surface area contributed by atoms with E-state index in [0.29, 0.717) is 11.6 Å². The van der Waals surface area contributed by atoms with E-state index in [2.05, 4.69) is 62.6 Å². The summed E-state index contributed by atoms with van der Waals surface area (Å²) in [5.41, 5.74) is 3.57. The highest BCUT2D eigenvalue weighted by Crippen LogP contribution is 2.26. The molecule has 150 valence electrons. The van der Waals surface area contributed by atoms with Crippen LogP contribution in [0.5, 0.6) is 0 Å². The lowest BCUT2D eigenvalue weighted by Crippen LogP contribution is -2.39. The normalized spacial score (nSPS) is 16.3. The van der Waals surface area contributed by atoms with Crippen LogP contribution < -0.4 is 10.9 Å². The van der Waals surface area contributed by atoms with Crippen molar-refractivity contribution in [2.24, 2.45) is 0 Å². The summed E-state index contributed by atoms with van der Waals surface area (Å²) >= 11 is 3.72. The number of piperidine rings is 1. The number of likely N-dealkylation sites (tertiary alicyclic amines) is 1. The molecule has 0 amide bonds. The van der Waals surface area contributed by atoms with Gasteiger partial charge in [-0.3, -0.25) is 4.90 Å². The molecule has 1 aliphatic rings. The molecule has 4 rings (SSSR count). The minimum Gasteiger partial charge on any atom is -0.423 e. The van der Waals surface area contributed by atoms with Gasteiger partial charge in [0.2, 0.25) is 0 Å². The number of nitrogens with zero attached hydrogens (tertiary/aromatic N) is 1. The Hall–Kier alpha value is -2.37. The van der Waals surface area contributed by atoms with Gasteiger partial charge < -0.3 is 9.73 Å². The minimum atomic E-state index is -0.309. The van der Waals surface area contributed by atoms with E-state index >= 15 is 0 Å². The first-order valence-electron chi connectivity index (χ1n) is 10.0. The van der Waals surface area contributed by atoms with Crippen molar-refractivity contribution in [3.63, 3.8) is 0 Å². The molecular weight excluding hydrogens is 428 g/mol. The molecule has 5 heteroatoms. The molecule has 0 unspecified atom stereocenters. The molecule has 3 aromatic rings.